The minimum Gasteiger partial charge on any atom is -0.376 e. The van der Waals surface area contributed by atoms with Crippen molar-refractivity contribution >= 4 is 50.7 Å². The molecule has 0 saturated carbocycles. The van der Waals surface area contributed by atoms with Crippen molar-refractivity contribution in [3.05, 3.63) is 21.3 Å². The lowest BCUT2D eigenvalue weighted by Crippen LogP contribution is -2.35. The van der Waals surface area contributed by atoms with Gasteiger partial charge in [0.05, 0.1) is 15.6 Å². The van der Waals surface area contributed by atoms with E-state index in [1.807, 2.05) is 6.92 Å². The fourth-order valence-electron chi connectivity index (χ4n) is 1.81. The Labute approximate surface area is 131 Å². The number of rotatable bonds is 3. The molecule has 7 heteroatoms. The summed E-state index contributed by atoms with van der Waals surface area (Å²) in [4.78, 5) is 4.21. The smallest absolute Gasteiger partial charge is 0.172 e. The van der Waals surface area contributed by atoms with Crippen LogP contribution in [0.3, 0.4) is 0 Å². The fraction of sp³-hybridized carbons (Fsp3) is 0.500. The number of hydrogen-bond donors (Lipinski definition) is 2. The molecule has 0 amide bonds. The molecule has 2 rings (SSSR count). The first-order valence-electron chi connectivity index (χ1n) is 6.05. The van der Waals surface area contributed by atoms with Crippen molar-refractivity contribution in [3.8, 4) is 0 Å². The Morgan fingerprint density at radius 1 is 1.68 bits per heavy atom. The second-order valence-corrected chi connectivity index (χ2v) is 5.97. The Morgan fingerprint density at radius 2 is 2.47 bits per heavy atom. The molecule has 0 unspecified atom stereocenters. The zero-order chi connectivity index (χ0) is 13.8. The molecular formula is C12H15BrClN3OS. The number of aromatic nitrogens is 1. The van der Waals surface area contributed by atoms with Crippen molar-refractivity contribution in [1.82, 2.24) is 10.3 Å². The zero-order valence-corrected chi connectivity index (χ0v) is 13.7. The SMILES string of the molecule is Cc1c(Cl)cnc(NC(=S)NC[C@@H]2CCCO2)c1Br. The molecule has 19 heavy (non-hydrogen) atoms. The van der Waals surface area contributed by atoms with Crippen molar-refractivity contribution in [3.63, 3.8) is 0 Å². The van der Waals surface area contributed by atoms with Gasteiger partial charge in [0.15, 0.2) is 5.11 Å². The number of nitrogens with one attached hydrogen (secondary N) is 2. The molecule has 0 spiro atoms. The number of thiocarbonyl (C=S) groups is 1. The Bertz CT molecular complexity index is 480. The molecule has 0 aliphatic carbocycles. The third kappa shape index (κ3) is 4.02. The van der Waals surface area contributed by atoms with Crippen LogP contribution >= 0.6 is 39.7 Å². The summed E-state index contributed by atoms with van der Waals surface area (Å²) in [7, 11) is 0. The van der Waals surface area contributed by atoms with E-state index in [9.17, 15) is 0 Å². The van der Waals surface area contributed by atoms with Crippen LogP contribution in [0.15, 0.2) is 10.7 Å². The van der Waals surface area contributed by atoms with Crippen LogP contribution in [0.2, 0.25) is 5.02 Å². The maximum atomic E-state index is 5.98. The molecular weight excluding hydrogens is 350 g/mol. The van der Waals surface area contributed by atoms with Crippen LogP contribution in [-0.2, 0) is 4.74 Å². The van der Waals surface area contributed by atoms with E-state index >= 15 is 0 Å². The molecule has 1 aromatic heterocycles. The highest BCUT2D eigenvalue weighted by atomic mass is 79.9. The number of halogens is 2. The van der Waals surface area contributed by atoms with Gasteiger partial charge in [-0.2, -0.15) is 0 Å². The van der Waals surface area contributed by atoms with Gasteiger partial charge >= 0.3 is 0 Å². The van der Waals surface area contributed by atoms with Crippen LogP contribution in [0, 0.1) is 6.92 Å². The van der Waals surface area contributed by atoms with Gasteiger partial charge in [-0.1, -0.05) is 11.6 Å². The van der Waals surface area contributed by atoms with E-state index < -0.39 is 0 Å². The monoisotopic (exact) mass is 363 g/mol. The van der Waals surface area contributed by atoms with Crippen LogP contribution in [0.1, 0.15) is 18.4 Å². The van der Waals surface area contributed by atoms with Gasteiger partial charge in [-0.05, 0) is 53.5 Å². The van der Waals surface area contributed by atoms with E-state index in [2.05, 4.69) is 31.5 Å². The van der Waals surface area contributed by atoms with Crippen molar-refractivity contribution in [1.29, 1.82) is 0 Å². The highest BCUT2D eigenvalue weighted by molar-refractivity contribution is 9.10. The second-order valence-electron chi connectivity index (χ2n) is 4.36. The fourth-order valence-corrected chi connectivity index (χ4v) is 2.66. The van der Waals surface area contributed by atoms with Gasteiger partial charge in [0.2, 0.25) is 0 Å². The van der Waals surface area contributed by atoms with E-state index in [0.717, 1.165) is 36.0 Å². The largest absolute Gasteiger partial charge is 0.376 e. The summed E-state index contributed by atoms with van der Waals surface area (Å²) in [5, 5.41) is 7.34. The second kappa shape index (κ2) is 6.83. The zero-order valence-electron chi connectivity index (χ0n) is 10.5. The molecule has 2 heterocycles. The van der Waals surface area contributed by atoms with E-state index in [-0.39, 0.29) is 6.10 Å². The van der Waals surface area contributed by atoms with Gasteiger partial charge in [-0.3, -0.25) is 0 Å². The lowest BCUT2D eigenvalue weighted by molar-refractivity contribution is 0.114. The molecule has 1 saturated heterocycles. The number of hydrogen-bond acceptors (Lipinski definition) is 3. The van der Waals surface area contributed by atoms with Gasteiger partial charge in [0, 0.05) is 19.3 Å². The minimum atomic E-state index is 0.253. The Balaban J connectivity index is 1.89. The third-order valence-electron chi connectivity index (χ3n) is 2.95. The molecule has 1 aliphatic rings. The standard InChI is InChI=1S/C12H15BrClN3OS/c1-7-9(14)6-15-11(10(7)13)17-12(19)16-5-8-3-2-4-18-8/h6,8H,2-5H2,1H3,(H2,15,16,17,19)/t8-/m0/s1. The molecule has 104 valence electrons. The molecule has 2 N–H and O–H groups in total. The maximum absolute atomic E-state index is 5.98. The van der Waals surface area contributed by atoms with Gasteiger partial charge in [0.1, 0.15) is 5.82 Å². The summed E-state index contributed by atoms with van der Waals surface area (Å²) in [6.45, 7) is 3.48. The Hall–Kier alpha value is -0.430. The van der Waals surface area contributed by atoms with E-state index in [4.69, 9.17) is 28.6 Å². The number of ether oxygens (including phenoxy) is 1. The van der Waals surface area contributed by atoms with Crippen molar-refractivity contribution in [2.75, 3.05) is 18.5 Å². The van der Waals surface area contributed by atoms with Crippen LogP contribution in [0.25, 0.3) is 0 Å². The molecule has 1 atom stereocenters. The van der Waals surface area contributed by atoms with Gasteiger partial charge in [0.25, 0.3) is 0 Å². The maximum Gasteiger partial charge on any atom is 0.172 e. The average Bonchev–Trinajstić information content (AvgIpc) is 2.90. The summed E-state index contributed by atoms with van der Waals surface area (Å²) in [6.07, 6.45) is 4.06. The number of anilines is 1. The van der Waals surface area contributed by atoms with E-state index in [0.29, 0.717) is 16.0 Å². The first-order valence-corrected chi connectivity index (χ1v) is 7.63. The van der Waals surface area contributed by atoms with Gasteiger partial charge < -0.3 is 15.4 Å². The molecule has 0 radical (unpaired) electrons. The highest BCUT2D eigenvalue weighted by Gasteiger charge is 2.16. The van der Waals surface area contributed by atoms with Crippen LogP contribution in [-0.4, -0.2) is 29.4 Å². The Kier molecular flexibility index (Phi) is 5.38. The first kappa shape index (κ1) is 15.0. The van der Waals surface area contributed by atoms with E-state index in [1.165, 1.54) is 0 Å². The Morgan fingerprint density at radius 3 is 3.16 bits per heavy atom. The minimum absolute atomic E-state index is 0.253. The van der Waals surface area contributed by atoms with Crippen LogP contribution in [0.5, 0.6) is 0 Å². The number of nitrogens with zero attached hydrogens (tertiary/aromatic N) is 1. The molecule has 0 bridgehead atoms. The summed E-state index contributed by atoms with van der Waals surface area (Å²) in [6, 6.07) is 0. The predicted octanol–water partition coefficient (Wildman–Crippen LogP) is 3.27. The summed E-state index contributed by atoms with van der Waals surface area (Å²) < 4.78 is 6.34. The summed E-state index contributed by atoms with van der Waals surface area (Å²) >= 11 is 14.7. The third-order valence-corrected chi connectivity index (χ3v) is 4.55. The molecule has 0 aromatic carbocycles. The predicted molar refractivity (Wildman–Crippen MR) is 84.9 cm³/mol. The lowest BCUT2D eigenvalue weighted by Gasteiger charge is -2.15. The highest BCUT2D eigenvalue weighted by Crippen LogP contribution is 2.28. The molecule has 1 fully saturated rings. The van der Waals surface area contributed by atoms with Crippen molar-refractivity contribution in [2.45, 2.75) is 25.9 Å². The normalized spacial score (nSPS) is 18.4. The van der Waals surface area contributed by atoms with Crippen molar-refractivity contribution < 1.29 is 4.74 Å². The van der Waals surface area contributed by atoms with Gasteiger partial charge in [-0.25, -0.2) is 4.98 Å². The molecule has 1 aliphatic heterocycles. The van der Waals surface area contributed by atoms with Crippen LogP contribution in [0.4, 0.5) is 5.82 Å². The topological polar surface area (TPSA) is 46.2 Å². The molecule has 1 aromatic rings. The van der Waals surface area contributed by atoms with Crippen molar-refractivity contribution in [2.24, 2.45) is 0 Å². The summed E-state index contributed by atoms with van der Waals surface area (Å²) in [5.41, 5.74) is 0.932. The average molecular weight is 365 g/mol. The summed E-state index contributed by atoms with van der Waals surface area (Å²) in [5.74, 6) is 0.659. The van der Waals surface area contributed by atoms with Gasteiger partial charge in [-0.15, -0.1) is 0 Å². The lowest BCUT2D eigenvalue weighted by atomic mass is 10.2. The van der Waals surface area contributed by atoms with E-state index in [1.54, 1.807) is 6.20 Å². The number of pyridine rings is 1. The molecule has 4 nitrogen and oxygen atoms in total. The first-order chi connectivity index (χ1) is 9.08. The van der Waals surface area contributed by atoms with Crippen LogP contribution < -0.4 is 10.6 Å². The quantitative estimate of drug-likeness (QED) is 0.806.